The third kappa shape index (κ3) is 7.67. The van der Waals surface area contributed by atoms with Crippen LogP contribution in [0.4, 0.5) is 0 Å². The van der Waals surface area contributed by atoms with Crippen molar-refractivity contribution >= 4 is 5.97 Å². The number of piperidine rings is 1. The molecule has 2 fully saturated rings. The van der Waals surface area contributed by atoms with E-state index in [0.29, 0.717) is 12.0 Å². The summed E-state index contributed by atoms with van der Waals surface area (Å²) in [6, 6.07) is 0. The number of rotatable bonds is 13. The molecule has 0 aromatic rings. The van der Waals surface area contributed by atoms with Gasteiger partial charge in [-0.15, -0.1) is 0 Å². The quantitative estimate of drug-likeness (QED) is 0.338. The predicted molar refractivity (Wildman–Crippen MR) is 115 cm³/mol. The van der Waals surface area contributed by atoms with Crippen molar-refractivity contribution in [1.29, 1.82) is 0 Å². The molecule has 0 amide bonds. The van der Waals surface area contributed by atoms with Crippen molar-refractivity contribution in [3.05, 3.63) is 0 Å². The van der Waals surface area contributed by atoms with Crippen LogP contribution < -0.4 is 0 Å². The van der Waals surface area contributed by atoms with Gasteiger partial charge in [-0.3, -0.25) is 4.79 Å². The van der Waals surface area contributed by atoms with Gasteiger partial charge in [-0.05, 0) is 82.8 Å². The standard InChI is InChI=1S/C24H45NO3/c1-3-5-6-7-8-11-21(4-2)23(27)28-22-12-13-24(20-22)14-17-25(18-15-24)16-9-10-19-26/h21-22,26H,3-20H2,1-2H3. The summed E-state index contributed by atoms with van der Waals surface area (Å²) < 4.78 is 6.00. The number of likely N-dealkylation sites (tertiary alicyclic amines) is 1. The van der Waals surface area contributed by atoms with Gasteiger partial charge in [0.25, 0.3) is 0 Å². The van der Waals surface area contributed by atoms with Crippen LogP contribution in [-0.4, -0.2) is 48.3 Å². The Hall–Kier alpha value is -0.610. The zero-order chi connectivity index (χ0) is 20.2. The Morgan fingerprint density at radius 2 is 1.82 bits per heavy atom. The Balaban J connectivity index is 1.68. The molecule has 2 unspecified atom stereocenters. The highest BCUT2D eigenvalue weighted by atomic mass is 16.5. The van der Waals surface area contributed by atoms with Gasteiger partial charge in [0, 0.05) is 6.61 Å². The van der Waals surface area contributed by atoms with E-state index in [-0.39, 0.29) is 18.0 Å². The maximum Gasteiger partial charge on any atom is 0.309 e. The van der Waals surface area contributed by atoms with Crippen molar-refractivity contribution in [1.82, 2.24) is 4.90 Å². The summed E-state index contributed by atoms with van der Waals surface area (Å²) in [5.74, 6) is 0.174. The molecule has 164 valence electrons. The van der Waals surface area contributed by atoms with E-state index in [9.17, 15) is 4.79 Å². The fraction of sp³-hybridized carbons (Fsp3) is 0.958. The number of aliphatic hydroxyl groups is 1. The first kappa shape index (κ1) is 23.7. The minimum absolute atomic E-state index is 0.0708. The van der Waals surface area contributed by atoms with Gasteiger partial charge in [-0.1, -0.05) is 46.0 Å². The molecule has 0 bridgehead atoms. The molecule has 1 saturated heterocycles. The third-order valence-corrected chi connectivity index (χ3v) is 7.22. The largest absolute Gasteiger partial charge is 0.462 e. The minimum Gasteiger partial charge on any atom is -0.462 e. The van der Waals surface area contributed by atoms with Crippen LogP contribution in [-0.2, 0) is 9.53 Å². The predicted octanol–water partition coefficient (Wildman–Crippen LogP) is 5.32. The molecule has 2 atom stereocenters. The number of carbonyl (C=O) groups is 1. The Morgan fingerprint density at radius 1 is 1.07 bits per heavy atom. The van der Waals surface area contributed by atoms with E-state index < -0.39 is 0 Å². The lowest BCUT2D eigenvalue weighted by Gasteiger charge is -2.39. The smallest absolute Gasteiger partial charge is 0.309 e. The van der Waals surface area contributed by atoms with Crippen molar-refractivity contribution in [3.63, 3.8) is 0 Å². The van der Waals surface area contributed by atoms with Crippen molar-refractivity contribution in [2.24, 2.45) is 11.3 Å². The van der Waals surface area contributed by atoms with Crippen molar-refractivity contribution in [2.45, 2.75) is 110 Å². The van der Waals surface area contributed by atoms with E-state index in [2.05, 4.69) is 18.7 Å². The summed E-state index contributed by atoms with van der Waals surface area (Å²) in [5, 5.41) is 8.94. The summed E-state index contributed by atoms with van der Waals surface area (Å²) in [6.07, 6.45) is 16.2. The molecule has 4 nitrogen and oxygen atoms in total. The summed E-state index contributed by atoms with van der Waals surface area (Å²) in [5.41, 5.74) is 0.417. The molecular formula is C24H45NO3. The molecule has 1 aliphatic heterocycles. The maximum atomic E-state index is 12.7. The number of esters is 1. The van der Waals surface area contributed by atoms with Crippen LogP contribution in [0.3, 0.4) is 0 Å². The van der Waals surface area contributed by atoms with Gasteiger partial charge in [-0.25, -0.2) is 0 Å². The first-order valence-corrected chi connectivity index (χ1v) is 12.2. The van der Waals surface area contributed by atoms with Gasteiger partial charge in [-0.2, -0.15) is 0 Å². The van der Waals surface area contributed by atoms with Gasteiger partial charge < -0.3 is 14.7 Å². The molecule has 1 saturated carbocycles. The molecule has 0 aromatic carbocycles. The molecule has 2 rings (SSSR count). The highest BCUT2D eigenvalue weighted by Crippen LogP contribution is 2.47. The summed E-state index contributed by atoms with van der Waals surface area (Å²) in [6.45, 7) is 8.12. The lowest BCUT2D eigenvalue weighted by atomic mass is 9.77. The lowest BCUT2D eigenvalue weighted by Crippen LogP contribution is -2.39. The molecule has 1 aliphatic carbocycles. The number of ether oxygens (including phenoxy) is 1. The summed E-state index contributed by atoms with van der Waals surface area (Å²) in [7, 11) is 0. The van der Waals surface area contributed by atoms with E-state index in [1.54, 1.807) is 0 Å². The van der Waals surface area contributed by atoms with Gasteiger partial charge in [0.05, 0.1) is 5.92 Å². The molecule has 1 heterocycles. The maximum absolute atomic E-state index is 12.7. The van der Waals surface area contributed by atoms with Crippen molar-refractivity contribution in [3.8, 4) is 0 Å². The van der Waals surface area contributed by atoms with E-state index in [1.165, 1.54) is 58.0 Å². The first-order valence-electron chi connectivity index (χ1n) is 12.2. The van der Waals surface area contributed by atoms with Gasteiger partial charge in [0.15, 0.2) is 0 Å². The molecule has 0 radical (unpaired) electrons. The zero-order valence-corrected chi connectivity index (χ0v) is 18.6. The van der Waals surface area contributed by atoms with Crippen molar-refractivity contribution in [2.75, 3.05) is 26.2 Å². The normalized spacial score (nSPS) is 23.2. The second kappa shape index (κ2) is 12.8. The van der Waals surface area contributed by atoms with Gasteiger partial charge >= 0.3 is 5.97 Å². The number of nitrogens with zero attached hydrogens (tertiary/aromatic N) is 1. The fourth-order valence-electron chi connectivity index (χ4n) is 5.15. The average Bonchev–Trinajstić information content (AvgIpc) is 3.08. The molecular weight excluding hydrogens is 350 g/mol. The summed E-state index contributed by atoms with van der Waals surface area (Å²) in [4.78, 5) is 15.2. The fourth-order valence-corrected chi connectivity index (χ4v) is 5.15. The lowest BCUT2D eigenvalue weighted by molar-refractivity contribution is -0.154. The number of hydrogen-bond donors (Lipinski definition) is 1. The van der Waals surface area contributed by atoms with E-state index in [4.69, 9.17) is 9.84 Å². The topological polar surface area (TPSA) is 49.8 Å². The second-order valence-electron chi connectivity index (χ2n) is 9.38. The Labute approximate surface area is 173 Å². The number of hydrogen-bond acceptors (Lipinski definition) is 4. The van der Waals surface area contributed by atoms with Crippen LogP contribution in [0, 0.1) is 11.3 Å². The second-order valence-corrected chi connectivity index (χ2v) is 9.38. The minimum atomic E-state index is 0.0708. The Kier molecular flexibility index (Phi) is 10.9. The monoisotopic (exact) mass is 395 g/mol. The Morgan fingerprint density at radius 3 is 2.50 bits per heavy atom. The van der Waals surface area contributed by atoms with E-state index in [0.717, 1.165) is 51.5 Å². The van der Waals surface area contributed by atoms with Crippen LogP contribution >= 0.6 is 0 Å². The van der Waals surface area contributed by atoms with E-state index in [1.807, 2.05) is 0 Å². The van der Waals surface area contributed by atoms with Crippen molar-refractivity contribution < 1.29 is 14.6 Å². The van der Waals surface area contributed by atoms with Gasteiger partial charge in [0.1, 0.15) is 6.10 Å². The number of unbranched alkanes of at least 4 members (excludes halogenated alkanes) is 5. The van der Waals surface area contributed by atoms with Gasteiger partial charge in [0.2, 0.25) is 0 Å². The molecule has 28 heavy (non-hydrogen) atoms. The highest BCUT2D eigenvalue weighted by Gasteiger charge is 2.42. The number of carbonyl (C=O) groups excluding carboxylic acids is 1. The molecule has 4 heteroatoms. The average molecular weight is 396 g/mol. The third-order valence-electron chi connectivity index (χ3n) is 7.22. The molecule has 1 spiro atoms. The SMILES string of the molecule is CCCCCCCC(CC)C(=O)OC1CCC2(CCN(CCCCO)CC2)C1. The number of aliphatic hydroxyl groups excluding tert-OH is 1. The van der Waals surface area contributed by atoms with E-state index >= 15 is 0 Å². The van der Waals surface area contributed by atoms with Crippen LogP contribution in [0.2, 0.25) is 0 Å². The Bertz CT molecular complexity index is 432. The summed E-state index contributed by atoms with van der Waals surface area (Å²) >= 11 is 0. The van der Waals surface area contributed by atoms with Crippen LogP contribution in [0.15, 0.2) is 0 Å². The molecule has 1 N–H and O–H groups in total. The van der Waals surface area contributed by atoms with Crippen LogP contribution in [0.25, 0.3) is 0 Å². The van der Waals surface area contributed by atoms with Crippen LogP contribution in [0.1, 0.15) is 104 Å². The molecule has 0 aromatic heterocycles. The van der Waals surface area contributed by atoms with Crippen LogP contribution in [0.5, 0.6) is 0 Å². The molecule has 2 aliphatic rings. The zero-order valence-electron chi connectivity index (χ0n) is 18.6. The highest BCUT2D eigenvalue weighted by molar-refractivity contribution is 5.72. The first-order chi connectivity index (χ1) is 13.6.